The molecule has 7 nitrogen and oxygen atoms in total. The van der Waals surface area contributed by atoms with E-state index in [9.17, 15) is 4.79 Å². The van der Waals surface area contributed by atoms with Crippen LogP contribution in [0, 0.1) is 0 Å². The molecule has 1 aliphatic rings. The minimum Gasteiger partial charge on any atom is -0.497 e. The number of nitrogens with zero attached hydrogens (tertiary/aromatic N) is 2. The topological polar surface area (TPSA) is 79.1 Å². The van der Waals surface area contributed by atoms with Crippen molar-refractivity contribution in [2.24, 2.45) is 4.99 Å². The summed E-state index contributed by atoms with van der Waals surface area (Å²) in [5.74, 6) is 1.47. The smallest absolute Gasteiger partial charge is 0.229 e. The summed E-state index contributed by atoms with van der Waals surface area (Å²) in [7, 11) is 3.33. The van der Waals surface area contributed by atoms with Gasteiger partial charge in [0, 0.05) is 43.9 Å². The van der Waals surface area contributed by atoms with Crippen molar-refractivity contribution in [2.45, 2.75) is 19.0 Å². The molecular weight excluding hydrogens is 320 g/mol. The predicted octanol–water partition coefficient (Wildman–Crippen LogP) is 1.76. The molecule has 2 heterocycles. The van der Waals surface area contributed by atoms with Crippen molar-refractivity contribution < 1.29 is 13.9 Å². The minimum absolute atomic E-state index is 0.00532. The number of hydrogen-bond donors (Lipinski definition) is 2. The van der Waals surface area contributed by atoms with Gasteiger partial charge in [0.05, 0.1) is 25.7 Å². The zero-order chi connectivity index (χ0) is 17.6. The van der Waals surface area contributed by atoms with Crippen molar-refractivity contribution in [2.75, 3.05) is 25.6 Å². The Labute approximate surface area is 146 Å². The fraction of sp³-hybridized carbons (Fsp3) is 0.333. The summed E-state index contributed by atoms with van der Waals surface area (Å²) in [5, 5.41) is 6.52. The average molecular weight is 342 g/mol. The zero-order valence-electron chi connectivity index (χ0n) is 14.4. The van der Waals surface area contributed by atoms with Crippen LogP contribution >= 0.6 is 0 Å². The molecule has 132 valence electrons. The van der Waals surface area contributed by atoms with Crippen molar-refractivity contribution in [1.29, 1.82) is 0 Å². The highest BCUT2D eigenvalue weighted by Gasteiger charge is 2.31. The maximum Gasteiger partial charge on any atom is 0.229 e. The number of rotatable bonds is 5. The van der Waals surface area contributed by atoms with Gasteiger partial charge in [-0.25, -0.2) is 0 Å². The summed E-state index contributed by atoms with van der Waals surface area (Å²) >= 11 is 0. The number of benzene rings is 1. The Morgan fingerprint density at radius 2 is 2.32 bits per heavy atom. The number of anilines is 1. The van der Waals surface area contributed by atoms with Crippen molar-refractivity contribution in [1.82, 2.24) is 10.6 Å². The zero-order valence-corrected chi connectivity index (χ0v) is 14.4. The molecule has 1 aliphatic heterocycles. The first-order valence-corrected chi connectivity index (χ1v) is 8.12. The molecule has 1 amide bonds. The number of carbonyl (C=O) groups excluding carboxylic acids is 1. The molecule has 0 bridgehead atoms. The Morgan fingerprint density at radius 1 is 1.44 bits per heavy atom. The lowest BCUT2D eigenvalue weighted by Gasteiger charge is -2.19. The number of hydrogen-bond acceptors (Lipinski definition) is 4. The van der Waals surface area contributed by atoms with Crippen LogP contribution in [-0.4, -0.2) is 38.6 Å². The van der Waals surface area contributed by atoms with E-state index in [0.717, 1.165) is 17.0 Å². The van der Waals surface area contributed by atoms with Crippen LogP contribution in [0.25, 0.3) is 0 Å². The van der Waals surface area contributed by atoms with Crippen molar-refractivity contribution in [3.8, 4) is 5.75 Å². The van der Waals surface area contributed by atoms with E-state index in [4.69, 9.17) is 9.15 Å². The van der Waals surface area contributed by atoms with Gasteiger partial charge in [-0.1, -0.05) is 6.07 Å². The number of amides is 1. The van der Waals surface area contributed by atoms with E-state index in [1.54, 1.807) is 31.6 Å². The molecule has 0 saturated carbocycles. The van der Waals surface area contributed by atoms with E-state index in [2.05, 4.69) is 15.6 Å². The van der Waals surface area contributed by atoms with E-state index in [-0.39, 0.29) is 11.9 Å². The Bertz CT molecular complexity index is 743. The van der Waals surface area contributed by atoms with Crippen LogP contribution in [0.4, 0.5) is 5.69 Å². The van der Waals surface area contributed by atoms with Crippen LogP contribution in [0.1, 0.15) is 12.0 Å². The first kappa shape index (κ1) is 16.9. The molecule has 2 aromatic rings. The number of nitrogens with one attached hydrogen (secondary N) is 2. The lowest BCUT2D eigenvalue weighted by molar-refractivity contribution is -0.117. The third-order valence-electron chi connectivity index (χ3n) is 4.09. The van der Waals surface area contributed by atoms with Crippen molar-refractivity contribution in [3.63, 3.8) is 0 Å². The molecule has 0 radical (unpaired) electrons. The SMILES string of the molecule is CN=C(NCc1ccoc1)NC1CC(=O)N(c2cccc(OC)c2)C1. The van der Waals surface area contributed by atoms with Gasteiger partial charge in [0.1, 0.15) is 5.75 Å². The largest absolute Gasteiger partial charge is 0.497 e. The van der Waals surface area contributed by atoms with Crippen LogP contribution in [0.3, 0.4) is 0 Å². The van der Waals surface area contributed by atoms with Gasteiger partial charge in [0.15, 0.2) is 5.96 Å². The summed E-state index contributed by atoms with van der Waals surface area (Å²) in [4.78, 5) is 18.4. The molecule has 1 unspecified atom stereocenters. The van der Waals surface area contributed by atoms with Crippen molar-refractivity contribution >= 4 is 17.6 Å². The lowest BCUT2D eigenvalue weighted by atomic mass is 10.2. The minimum atomic E-state index is -0.00532. The molecular formula is C18H22N4O3. The normalized spacial score (nSPS) is 17.7. The highest BCUT2D eigenvalue weighted by Crippen LogP contribution is 2.25. The van der Waals surface area contributed by atoms with Crippen LogP contribution in [-0.2, 0) is 11.3 Å². The molecule has 1 aromatic heterocycles. The standard InChI is InChI=1S/C18H22N4O3/c1-19-18(20-10-13-6-7-25-12-13)21-14-8-17(23)22(11-14)15-4-3-5-16(9-15)24-2/h3-7,9,12,14H,8,10-11H2,1-2H3,(H2,19,20,21). The Balaban J connectivity index is 1.59. The fourth-order valence-electron chi connectivity index (χ4n) is 2.80. The second-order valence-corrected chi connectivity index (χ2v) is 5.81. The number of aliphatic imine (C=N–C) groups is 1. The molecule has 0 spiro atoms. The quantitative estimate of drug-likeness (QED) is 0.639. The van der Waals surface area contributed by atoms with Crippen LogP contribution < -0.4 is 20.3 Å². The monoisotopic (exact) mass is 342 g/mol. The summed E-state index contributed by atoms with van der Waals surface area (Å²) < 4.78 is 10.3. The fourth-order valence-corrected chi connectivity index (χ4v) is 2.80. The second-order valence-electron chi connectivity index (χ2n) is 5.81. The first-order valence-electron chi connectivity index (χ1n) is 8.12. The van der Waals surface area contributed by atoms with E-state index in [1.165, 1.54) is 0 Å². The Morgan fingerprint density at radius 3 is 3.04 bits per heavy atom. The maximum atomic E-state index is 12.4. The Kier molecular flexibility index (Phi) is 5.23. The summed E-state index contributed by atoms with van der Waals surface area (Å²) in [6, 6.07) is 9.41. The van der Waals surface area contributed by atoms with Gasteiger partial charge in [-0.15, -0.1) is 0 Å². The molecule has 1 saturated heterocycles. The third-order valence-corrected chi connectivity index (χ3v) is 4.09. The summed E-state index contributed by atoms with van der Waals surface area (Å²) in [6.07, 6.45) is 3.74. The second kappa shape index (κ2) is 7.74. The number of carbonyl (C=O) groups is 1. The molecule has 7 heteroatoms. The average Bonchev–Trinajstić information content (AvgIpc) is 3.28. The van der Waals surface area contributed by atoms with Crippen LogP contribution in [0.5, 0.6) is 5.75 Å². The van der Waals surface area contributed by atoms with Gasteiger partial charge in [-0.3, -0.25) is 9.79 Å². The molecule has 1 aromatic carbocycles. The third kappa shape index (κ3) is 4.12. The molecule has 3 rings (SSSR count). The van der Waals surface area contributed by atoms with E-state index >= 15 is 0 Å². The van der Waals surface area contributed by atoms with E-state index in [0.29, 0.717) is 25.5 Å². The van der Waals surface area contributed by atoms with Crippen molar-refractivity contribution in [3.05, 3.63) is 48.4 Å². The summed E-state index contributed by atoms with van der Waals surface area (Å²) in [5.41, 5.74) is 1.87. The molecule has 0 aliphatic carbocycles. The number of guanidine groups is 1. The highest BCUT2D eigenvalue weighted by atomic mass is 16.5. The van der Waals surface area contributed by atoms with Crippen LogP contribution in [0.2, 0.25) is 0 Å². The number of methoxy groups -OCH3 is 1. The molecule has 25 heavy (non-hydrogen) atoms. The van der Waals surface area contributed by atoms with Gasteiger partial charge in [0.25, 0.3) is 0 Å². The predicted molar refractivity (Wildman–Crippen MR) is 95.8 cm³/mol. The molecule has 1 fully saturated rings. The van der Waals surface area contributed by atoms with Gasteiger partial charge in [-0.05, 0) is 18.2 Å². The summed E-state index contributed by atoms with van der Waals surface area (Å²) in [6.45, 7) is 1.19. The molecule has 1 atom stereocenters. The van der Waals surface area contributed by atoms with Gasteiger partial charge in [0.2, 0.25) is 5.91 Å². The van der Waals surface area contributed by atoms with E-state index < -0.39 is 0 Å². The van der Waals surface area contributed by atoms with Gasteiger partial charge < -0.3 is 24.7 Å². The Hall–Kier alpha value is -2.96. The lowest BCUT2D eigenvalue weighted by Crippen LogP contribution is -2.44. The highest BCUT2D eigenvalue weighted by molar-refractivity contribution is 5.97. The van der Waals surface area contributed by atoms with Gasteiger partial charge >= 0.3 is 0 Å². The first-order chi connectivity index (χ1) is 12.2. The number of furan rings is 1. The molecule has 2 N–H and O–H groups in total. The maximum absolute atomic E-state index is 12.4. The van der Waals surface area contributed by atoms with E-state index in [1.807, 2.05) is 30.3 Å². The number of ether oxygens (including phenoxy) is 1. The van der Waals surface area contributed by atoms with Crippen LogP contribution in [0.15, 0.2) is 52.3 Å². The van der Waals surface area contributed by atoms with Gasteiger partial charge in [-0.2, -0.15) is 0 Å².